The normalized spacial score (nSPS) is 15.8. The van der Waals surface area contributed by atoms with Gasteiger partial charge in [0.05, 0.1) is 17.4 Å². The van der Waals surface area contributed by atoms with Crippen molar-refractivity contribution in [2.45, 2.75) is 13.0 Å². The Hall–Kier alpha value is -2.07. The van der Waals surface area contributed by atoms with E-state index in [0.29, 0.717) is 6.54 Å². The third-order valence-electron chi connectivity index (χ3n) is 4.20. The van der Waals surface area contributed by atoms with Crippen LogP contribution >= 0.6 is 0 Å². The standard InChI is InChI=1S/C17H22N4/c1-13-7-8-14(12-19-13)17(11-18)21-10-9-20(2)15-5-3-4-6-16(15)21/h3-8,12,17H,9-11,18H2,1-2H3. The summed E-state index contributed by atoms with van der Waals surface area (Å²) in [5.41, 5.74) is 10.8. The number of nitrogens with zero attached hydrogens (tertiary/aromatic N) is 3. The van der Waals surface area contributed by atoms with Gasteiger partial charge in [-0.2, -0.15) is 0 Å². The molecular weight excluding hydrogens is 260 g/mol. The lowest BCUT2D eigenvalue weighted by molar-refractivity contribution is 0.608. The van der Waals surface area contributed by atoms with Gasteiger partial charge in [0.15, 0.2) is 0 Å². The molecule has 1 aromatic heterocycles. The summed E-state index contributed by atoms with van der Waals surface area (Å²) < 4.78 is 0. The van der Waals surface area contributed by atoms with Crippen LogP contribution in [0, 0.1) is 6.92 Å². The molecule has 0 saturated heterocycles. The second-order valence-corrected chi connectivity index (χ2v) is 5.59. The zero-order valence-electron chi connectivity index (χ0n) is 12.7. The zero-order valence-corrected chi connectivity index (χ0v) is 12.7. The minimum absolute atomic E-state index is 0.174. The number of aryl methyl sites for hydroxylation is 1. The van der Waals surface area contributed by atoms with Gasteiger partial charge in [0.1, 0.15) is 0 Å². The van der Waals surface area contributed by atoms with Gasteiger partial charge in [-0.15, -0.1) is 0 Å². The molecule has 4 heteroatoms. The third kappa shape index (κ3) is 2.59. The highest BCUT2D eigenvalue weighted by Crippen LogP contribution is 2.36. The van der Waals surface area contributed by atoms with E-state index in [1.54, 1.807) is 0 Å². The number of nitrogens with two attached hydrogens (primary N) is 1. The van der Waals surface area contributed by atoms with Crippen molar-refractivity contribution in [2.24, 2.45) is 5.73 Å². The highest BCUT2D eigenvalue weighted by atomic mass is 15.3. The molecule has 0 radical (unpaired) electrons. The highest BCUT2D eigenvalue weighted by Gasteiger charge is 2.26. The van der Waals surface area contributed by atoms with Gasteiger partial charge in [-0.3, -0.25) is 4.98 Å². The van der Waals surface area contributed by atoms with Crippen molar-refractivity contribution in [1.29, 1.82) is 0 Å². The summed E-state index contributed by atoms with van der Waals surface area (Å²) in [5, 5.41) is 0. The second kappa shape index (κ2) is 5.74. The quantitative estimate of drug-likeness (QED) is 0.938. The molecule has 1 unspecified atom stereocenters. The van der Waals surface area contributed by atoms with E-state index in [1.807, 2.05) is 13.1 Å². The minimum Gasteiger partial charge on any atom is -0.371 e. The largest absolute Gasteiger partial charge is 0.371 e. The molecule has 0 aliphatic carbocycles. The smallest absolute Gasteiger partial charge is 0.0681 e. The Morgan fingerprint density at radius 1 is 1.14 bits per heavy atom. The van der Waals surface area contributed by atoms with Crippen molar-refractivity contribution in [2.75, 3.05) is 36.5 Å². The van der Waals surface area contributed by atoms with Crippen LogP contribution < -0.4 is 15.5 Å². The number of rotatable bonds is 3. The monoisotopic (exact) mass is 282 g/mol. The number of hydrogen-bond acceptors (Lipinski definition) is 4. The van der Waals surface area contributed by atoms with E-state index in [4.69, 9.17) is 5.73 Å². The van der Waals surface area contributed by atoms with Gasteiger partial charge in [-0.25, -0.2) is 0 Å². The summed E-state index contributed by atoms with van der Waals surface area (Å²) in [6.07, 6.45) is 1.95. The summed E-state index contributed by atoms with van der Waals surface area (Å²) in [6, 6.07) is 12.9. The van der Waals surface area contributed by atoms with Gasteiger partial charge in [-0.05, 0) is 30.7 Å². The SMILES string of the molecule is Cc1ccc(C(CN)N2CCN(C)c3ccccc32)cn1. The number of anilines is 2. The molecule has 2 heterocycles. The Morgan fingerprint density at radius 3 is 2.57 bits per heavy atom. The summed E-state index contributed by atoms with van der Waals surface area (Å²) >= 11 is 0. The van der Waals surface area contributed by atoms with Crippen LogP contribution in [0.2, 0.25) is 0 Å². The van der Waals surface area contributed by atoms with Crippen molar-refractivity contribution in [3.63, 3.8) is 0 Å². The molecule has 21 heavy (non-hydrogen) atoms. The molecule has 3 rings (SSSR count). The Bertz CT molecular complexity index is 608. The van der Waals surface area contributed by atoms with Gasteiger partial charge in [0.25, 0.3) is 0 Å². The number of likely N-dealkylation sites (N-methyl/N-ethyl adjacent to an activating group) is 1. The van der Waals surface area contributed by atoms with E-state index >= 15 is 0 Å². The fraction of sp³-hybridized carbons (Fsp3) is 0.353. The molecule has 0 saturated carbocycles. The van der Waals surface area contributed by atoms with Crippen LogP contribution in [0.4, 0.5) is 11.4 Å². The van der Waals surface area contributed by atoms with E-state index in [1.165, 1.54) is 16.9 Å². The first-order valence-corrected chi connectivity index (χ1v) is 7.40. The number of aromatic nitrogens is 1. The van der Waals surface area contributed by atoms with Crippen molar-refractivity contribution in [3.05, 3.63) is 53.9 Å². The Balaban J connectivity index is 1.98. The van der Waals surface area contributed by atoms with E-state index in [-0.39, 0.29) is 6.04 Å². The molecule has 1 atom stereocenters. The molecule has 2 N–H and O–H groups in total. The van der Waals surface area contributed by atoms with E-state index in [9.17, 15) is 0 Å². The molecule has 0 bridgehead atoms. The third-order valence-corrected chi connectivity index (χ3v) is 4.20. The fourth-order valence-electron chi connectivity index (χ4n) is 2.97. The Kier molecular flexibility index (Phi) is 3.80. The maximum atomic E-state index is 6.08. The lowest BCUT2D eigenvalue weighted by Gasteiger charge is -2.41. The van der Waals surface area contributed by atoms with E-state index in [2.05, 4.69) is 58.2 Å². The van der Waals surface area contributed by atoms with Crippen LogP contribution in [0.1, 0.15) is 17.3 Å². The average molecular weight is 282 g/mol. The summed E-state index contributed by atoms with van der Waals surface area (Å²) in [7, 11) is 2.14. The molecule has 1 aliphatic heterocycles. The first-order valence-electron chi connectivity index (χ1n) is 7.40. The van der Waals surface area contributed by atoms with Crippen molar-refractivity contribution < 1.29 is 0 Å². The second-order valence-electron chi connectivity index (χ2n) is 5.59. The first-order chi connectivity index (χ1) is 10.2. The number of hydrogen-bond donors (Lipinski definition) is 1. The summed E-state index contributed by atoms with van der Waals surface area (Å²) in [4.78, 5) is 9.12. The number of fused-ring (bicyclic) bond motifs is 1. The number of pyridine rings is 1. The van der Waals surface area contributed by atoms with Crippen LogP contribution in [0.5, 0.6) is 0 Å². The molecule has 1 aromatic carbocycles. The molecule has 0 spiro atoms. The van der Waals surface area contributed by atoms with Crippen LogP contribution in [-0.4, -0.2) is 31.7 Å². The van der Waals surface area contributed by atoms with E-state index < -0.39 is 0 Å². The van der Waals surface area contributed by atoms with E-state index in [0.717, 1.165) is 18.8 Å². The maximum absolute atomic E-state index is 6.08. The molecule has 0 fully saturated rings. The van der Waals surface area contributed by atoms with Crippen LogP contribution in [0.3, 0.4) is 0 Å². The van der Waals surface area contributed by atoms with Crippen LogP contribution in [0.25, 0.3) is 0 Å². The molecule has 2 aromatic rings. The van der Waals surface area contributed by atoms with Gasteiger partial charge in [0, 0.05) is 38.6 Å². The van der Waals surface area contributed by atoms with Gasteiger partial charge >= 0.3 is 0 Å². The lowest BCUT2D eigenvalue weighted by Crippen LogP contribution is -2.43. The Labute approximate surface area is 126 Å². The maximum Gasteiger partial charge on any atom is 0.0681 e. The van der Waals surface area contributed by atoms with Gasteiger partial charge < -0.3 is 15.5 Å². The molecule has 110 valence electrons. The predicted molar refractivity (Wildman–Crippen MR) is 87.8 cm³/mol. The first kappa shape index (κ1) is 13.9. The minimum atomic E-state index is 0.174. The molecule has 0 amide bonds. The molecular formula is C17H22N4. The fourth-order valence-corrected chi connectivity index (χ4v) is 2.97. The summed E-state index contributed by atoms with van der Waals surface area (Å²) in [6.45, 7) is 4.57. The van der Waals surface area contributed by atoms with Gasteiger partial charge in [0.2, 0.25) is 0 Å². The van der Waals surface area contributed by atoms with Crippen LogP contribution in [0.15, 0.2) is 42.6 Å². The predicted octanol–water partition coefficient (Wildman–Crippen LogP) is 2.35. The van der Waals surface area contributed by atoms with Gasteiger partial charge in [-0.1, -0.05) is 18.2 Å². The lowest BCUT2D eigenvalue weighted by atomic mass is 10.0. The summed E-state index contributed by atoms with van der Waals surface area (Å²) in [5.74, 6) is 0. The topological polar surface area (TPSA) is 45.4 Å². The van der Waals surface area contributed by atoms with Crippen LogP contribution in [-0.2, 0) is 0 Å². The van der Waals surface area contributed by atoms with Crippen molar-refractivity contribution in [3.8, 4) is 0 Å². The molecule has 1 aliphatic rings. The average Bonchev–Trinajstić information content (AvgIpc) is 2.52. The van der Waals surface area contributed by atoms with Crippen molar-refractivity contribution >= 4 is 11.4 Å². The van der Waals surface area contributed by atoms with Crippen molar-refractivity contribution in [1.82, 2.24) is 4.98 Å². The molecule has 4 nitrogen and oxygen atoms in total. The number of para-hydroxylation sites is 2. The number of benzene rings is 1. The zero-order chi connectivity index (χ0) is 14.8. The Morgan fingerprint density at radius 2 is 1.90 bits per heavy atom. The highest BCUT2D eigenvalue weighted by molar-refractivity contribution is 5.73.